The quantitative estimate of drug-likeness (QED) is 0.0980. The summed E-state index contributed by atoms with van der Waals surface area (Å²) >= 11 is 0. The Morgan fingerprint density at radius 2 is 1.11 bits per heavy atom. The van der Waals surface area contributed by atoms with E-state index in [1.54, 1.807) is 6.07 Å². The van der Waals surface area contributed by atoms with E-state index in [-0.39, 0.29) is 32.2 Å². The Morgan fingerprint density at radius 1 is 0.521 bits per heavy atom. The van der Waals surface area contributed by atoms with Gasteiger partial charge in [-0.15, -0.1) is 23.8 Å². The second-order valence-electron chi connectivity index (χ2n) is 19.5. The number of phenols is 1. The summed E-state index contributed by atoms with van der Waals surface area (Å²) in [6.45, 7) is 2.32. The van der Waals surface area contributed by atoms with E-state index in [1.165, 1.54) is 47.9 Å². The van der Waals surface area contributed by atoms with Gasteiger partial charge in [-0.3, -0.25) is 9.55 Å². The first-order chi connectivity index (χ1) is 35.5. The Balaban J connectivity index is 0.00000574. The van der Waals surface area contributed by atoms with Gasteiger partial charge in [-0.2, -0.15) is 0 Å². The second kappa shape index (κ2) is 20.7. The third kappa shape index (κ3) is 9.29. The van der Waals surface area contributed by atoms with E-state index in [9.17, 15) is 5.11 Å². The SMILES string of the molecule is CC(c1ccccc1)(c1ccccc1)c1ccc(-c2ccnc(-c3[c-]c(-c4cccc5c4nc(-c4ccccc4O)n5-c4ccc(CC5CCCC5)cc4-c4ccccc4)cc(-c4ccccc4)c3)c2)cc1.[Pt]. The van der Waals surface area contributed by atoms with Crippen molar-refractivity contribution in [2.24, 2.45) is 5.92 Å². The Bertz CT molecular complexity index is 3640. The fourth-order valence-corrected chi connectivity index (χ4v) is 11.2. The molecule has 12 rings (SSSR count). The molecule has 1 saturated carbocycles. The van der Waals surface area contributed by atoms with E-state index in [4.69, 9.17) is 9.97 Å². The summed E-state index contributed by atoms with van der Waals surface area (Å²) in [6.07, 6.45) is 8.20. The number of pyridine rings is 1. The zero-order valence-corrected chi connectivity index (χ0v) is 43.0. The molecule has 0 bridgehead atoms. The van der Waals surface area contributed by atoms with Crippen LogP contribution in [-0.2, 0) is 32.9 Å². The molecular weight excluding hydrogens is 1070 g/mol. The monoisotopic (exact) mass is 1120 g/mol. The minimum atomic E-state index is -0.335. The molecular formula is C68H54N3OPt-. The van der Waals surface area contributed by atoms with Crippen molar-refractivity contribution in [1.29, 1.82) is 0 Å². The maximum Gasteiger partial charge on any atom is 0.148 e. The number of rotatable bonds is 12. The molecule has 0 aliphatic heterocycles. The number of hydrogen-bond donors (Lipinski definition) is 1. The van der Waals surface area contributed by atoms with Crippen LogP contribution in [0.25, 0.3) is 83.9 Å². The molecule has 0 radical (unpaired) electrons. The third-order valence-electron chi connectivity index (χ3n) is 15.0. The van der Waals surface area contributed by atoms with Crippen LogP contribution in [0, 0.1) is 12.0 Å². The van der Waals surface area contributed by atoms with E-state index in [2.05, 4.69) is 224 Å². The molecule has 5 heteroatoms. The summed E-state index contributed by atoms with van der Waals surface area (Å²) < 4.78 is 2.25. The van der Waals surface area contributed by atoms with Gasteiger partial charge < -0.3 is 5.11 Å². The van der Waals surface area contributed by atoms with E-state index < -0.39 is 0 Å². The van der Waals surface area contributed by atoms with Gasteiger partial charge in [-0.1, -0.05) is 224 Å². The van der Waals surface area contributed by atoms with Gasteiger partial charge in [-0.25, -0.2) is 4.98 Å². The van der Waals surface area contributed by atoms with Crippen molar-refractivity contribution in [3.63, 3.8) is 0 Å². The predicted octanol–water partition coefficient (Wildman–Crippen LogP) is 17.0. The number of benzene rings is 9. The fraction of sp³-hybridized carbons (Fsp3) is 0.118. The summed E-state index contributed by atoms with van der Waals surface area (Å²) in [6, 6.07) is 85.2. The van der Waals surface area contributed by atoms with Crippen LogP contribution in [0.1, 0.15) is 54.9 Å². The second-order valence-corrected chi connectivity index (χ2v) is 19.5. The van der Waals surface area contributed by atoms with Crippen molar-refractivity contribution in [2.75, 3.05) is 0 Å². The van der Waals surface area contributed by atoms with Crippen molar-refractivity contribution in [3.8, 4) is 78.6 Å². The maximum atomic E-state index is 11.5. The van der Waals surface area contributed by atoms with Crippen molar-refractivity contribution >= 4 is 11.0 Å². The van der Waals surface area contributed by atoms with Crippen LogP contribution in [0.5, 0.6) is 5.75 Å². The van der Waals surface area contributed by atoms with Gasteiger partial charge in [0.25, 0.3) is 0 Å². The molecule has 0 atom stereocenters. The summed E-state index contributed by atoms with van der Waals surface area (Å²) in [5.41, 5.74) is 18.3. The van der Waals surface area contributed by atoms with E-state index in [1.807, 2.05) is 24.4 Å². The molecule has 2 heterocycles. The van der Waals surface area contributed by atoms with Crippen LogP contribution >= 0.6 is 0 Å². The molecule has 0 amide bonds. The molecule has 9 aromatic carbocycles. The van der Waals surface area contributed by atoms with Crippen LogP contribution in [0.2, 0.25) is 0 Å². The minimum absolute atomic E-state index is 0. The topological polar surface area (TPSA) is 50.9 Å². The Labute approximate surface area is 443 Å². The van der Waals surface area contributed by atoms with Gasteiger partial charge >= 0.3 is 0 Å². The Morgan fingerprint density at radius 3 is 1.79 bits per heavy atom. The number of phenolic OH excluding ortho intramolecular Hbond substituents is 1. The predicted molar refractivity (Wildman–Crippen MR) is 296 cm³/mol. The first-order valence-electron chi connectivity index (χ1n) is 25.3. The smallest absolute Gasteiger partial charge is 0.148 e. The van der Waals surface area contributed by atoms with E-state index in [0.29, 0.717) is 17.3 Å². The van der Waals surface area contributed by atoms with Crippen LogP contribution in [-0.4, -0.2) is 19.6 Å². The van der Waals surface area contributed by atoms with Crippen LogP contribution < -0.4 is 0 Å². The van der Waals surface area contributed by atoms with Crippen LogP contribution in [0.4, 0.5) is 0 Å². The van der Waals surface area contributed by atoms with Gasteiger partial charge in [0.05, 0.1) is 22.3 Å². The molecule has 1 fully saturated rings. The van der Waals surface area contributed by atoms with Crippen molar-refractivity contribution in [1.82, 2.24) is 14.5 Å². The Hall–Kier alpha value is -7.91. The molecule has 1 aliphatic carbocycles. The molecule has 0 saturated heterocycles. The van der Waals surface area contributed by atoms with Crippen LogP contribution in [0.15, 0.2) is 237 Å². The average Bonchev–Trinajstić information content (AvgIpc) is 4.12. The molecule has 2 aromatic heterocycles. The molecule has 0 unspecified atom stereocenters. The average molecular weight is 1120 g/mol. The zero-order chi connectivity index (χ0) is 48.4. The standard InChI is InChI=1S/C68H54N3O.Pt/c1-68(56-25-10-4-11-26-56,57-27-12-5-13-28-57)58-36-34-50(35-37-58)52-39-40-69-62(46-52)55-44-53(49-21-6-2-7-22-49)43-54(45-55)59-30-18-31-64-66(59)70-67(60-29-16-17-32-65(60)72)71(64)63-38-33-48(41-47-19-14-15-20-47)42-61(63)51-23-8-3-9-24-51;/h2-13,16-18,21-40,42-44,46-47,72H,14-15,19-20,41H2,1H3;/q-1;. The molecule has 0 spiro atoms. The first kappa shape index (κ1) is 47.4. The number of aromatic nitrogens is 3. The molecule has 73 heavy (non-hydrogen) atoms. The minimum Gasteiger partial charge on any atom is -0.507 e. The van der Waals surface area contributed by atoms with Gasteiger partial charge in [-0.05, 0) is 100 Å². The number of fused-ring (bicyclic) bond motifs is 1. The van der Waals surface area contributed by atoms with Crippen molar-refractivity contribution in [2.45, 2.75) is 44.4 Å². The number of imidazole rings is 1. The summed E-state index contributed by atoms with van der Waals surface area (Å²) in [5, 5.41) is 11.5. The number of hydrogen-bond acceptors (Lipinski definition) is 3. The first-order valence-corrected chi connectivity index (χ1v) is 25.3. The number of aromatic hydroxyl groups is 1. The normalized spacial score (nSPS) is 12.7. The van der Waals surface area contributed by atoms with Crippen molar-refractivity contribution < 1.29 is 26.2 Å². The number of nitrogens with zero attached hydrogens (tertiary/aromatic N) is 3. The maximum absolute atomic E-state index is 11.5. The molecule has 358 valence electrons. The van der Waals surface area contributed by atoms with Gasteiger partial charge in [0, 0.05) is 43.9 Å². The van der Waals surface area contributed by atoms with Crippen LogP contribution in [0.3, 0.4) is 0 Å². The Kier molecular flexibility index (Phi) is 13.4. The third-order valence-corrected chi connectivity index (χ3v) is 15.0. The zero-order valence-electron chi connectivity index (χ0n) is 40.7. The van der Waals surface area contributed by atoms with Gasteiger partial charge in [0.2, 0.25) is 0 Å². The summed E-state index contributed by atoms with van der Waals surface area (Å²) in [7, 11) is 0. The largest absolute Gasteiger partial charge is 0.507 e. The van der Waals surface area contributed by atoms with Gasteiger partial charge in [0.1, 0.15) is 11.6 Å². The molecule has 4 nitrogen and oxygen atoms in total. The molecule has 1 aliphatic rings. The number of para-hydroxylation sites is 2. The molecule has 11 aromatic rings. The van der Waals surface area contributed by atoms with E-state index >= 15 is 0 Å². The van der Waals surface area contributed by atoms with Crippen molar-refractivity contribution in [3.05, 3.63) is 265 Å². The summed E-state index contributed by atoms with van der Waals surface area (Å²) in [5.74, 6) is 1.56. The fourth-order valence-electron chi connectivity index (χ4n) is 11.2. The van der Waals surface area contributed by atoms with E-state index in [0.717, 1.165) is 78.9 Å². The van der Waals surface area contributed by atoms with Gasteiger partial charge in [0.15, 0.2) is 0 Å². The summed E-state index contributed by atoms with van der Waals surface area (Å²) in [4.78, 5) is 10.5. The molecule has 1 N–H and O–H groups in total.